The number of carbonyl (C=O) groups is 1. The van der Waals surface area contributed by atoms with Crippen LogP contribution in [0.2, 0.25) is 0 Å². The summed E-state index contributed by atoms with van der Waals surface area (Å²) in [6.45, 7) is 3.80. The summed E-state index contributed by atoms with van der Waals surface area (Å²) in [5.74, 6) is 1.72. The number of amides is 2. The summed E-state index contributed by atoms with van der Waals surface area (Å²) in [7, 11) is 0. The first-order valence-electron chi connectivity index (χ1n) is 9.61. The normalized spacial score (nSPS) is 25.2. The van der Waals surface area contributed by atoms with Crippen molar-refractivity contribution in [2.75, 3.05) is 13.1 Å². The van der Waals surface area contributed by atoms with Gasteiger partial charge in [0.25, 0.3) is 0 Å². The molecule has 2 atom stereocenters. The lowest BCUT2D eigenvalue weighted by Gasteiger charge is -2.35. The van der Waals surface area contributed by atoms with Gasteiger partial charge in [-0.3, -0.25) is 0 Å². The maximum atomic E-state index is 12.6. The second-order valence-corrected chi connectivity index (χ2v) is 7.60. The Kier molecular flexibility index (Phi) is 4.64. The molecule has 1 aromatic carbocycles. The van der Waals surface area contributed by atoms with Gasteiger partial charge in [-0.25, -0.2) is 9.78 Å². The van der Waals surface area contributed by atoms with Crippen LogP contribution in [-0.4, -0.2) is 35.0 Å². The Hall–Kier alpha value is -2.04. The Morgan fingerprint density at radius 1 is 1.16 bits per heavy atom. The number of piperidine rings is 1. The topological polar surface area (TPSA) is 58.4 Å². The average Bonchev–Trinajstić information content (AvgIpc) is 3.08. The van der Waals surface area contributed by atoms with Gasteiger partial charge in [-0.2, -0.15) is 0 Å². The van der Waals surface area contributed by atoms with Crippen LogP contribution in [-0.2, 0) is 0 Å². The zero-order valence-electron chi connectivity index (χ0n) is 14.9. The summed E-state index contributed by atoms with van der Waals surface area (Å²) >= 11 is 0. The fourth-order valence-corrected chi connectivity index (χ4v) is 4.17. The summed E-state index contributed by atoms with van der Waals surface area (Å²) in [6.07, 6.45) is 6.70. The first-order chi connectivity index (χ1) is 12.2. The van der Waals surface area contributed by atoms with Crippen molar-refractivity contribution in [2.24, 2.45) is 5.92 Å². The summed E-state index contributed by atoms with van der Waals surface area (Å²) in [4.78, 5) is 19.2. The predicted octanol–water partition coefficient (Wildman–Crippen LogP) is 4.30. The van der Waals surface area contributed by atoms with Gasteiger partial charge >= 0.3 is 6.03 Å². The highest BCUT2D eigenvalue weighted by Gasteiger charge is 2.29. The number of hydrogen-bond donors (Lipinski definition) is 1. The summed E-state index contributed by atoms with van der Waals surface area (Å²) in [5, 5.41) is 3.26. The van der Waals surface area contributed by atoms with Gasteiger partial charge in [0.2, 0.25) is 0 Å². The lowest BCUT2D eigenvalue weighted by molar-refractivity contribution is 0.165. The molecule has 1 saturated heterocycles. The van der Waals surface area contributed by atoms with E-state index < -0.39 is 0 Å². The molecule has 0 spiro atoms. The molecule has 1 saturated carbocycles. The molecule has 2 unspecified atom stereocenters. The molecule has 2 fully saturated rings. The maximum Gasteiger partial charge on any atom is 0.317 e. The molecule has 1 N–H and O–H groups in total. The smallest absolute Gasteiger partial charge is 0.317 e. The van der Waals surface area contributed by atoms with Crippen molar-refractivity contribution in [2.45, 2.75) is 57.4 Å². The van der Waals surface area contributed by atoms with Crippen LogP contribution in [0.25, 0.3) is 11.1 Å². The number of oxazole rings is 1. The molecule has 5 nitrogen and oxygen atoms in total. The molecular weight excluding hydrogens is 314 g/mol. The van der Waals surface area contributed by atoms with Crippen LogP contribution in [0.1, 0.15) is 57.3 Å². The van der Waals surface area contributed by atoms with E-state index in [0.717, 1.165) is 49.3 Å². The van der Waals surface area contributed by atoms with E-state index in [1.54, 1.807) is 0 Å². The first kappa shape index (κ1) is 16.4. The molecule has 2 aromatic rings. The van der Waals surface area contributed by atoms with E-state index in [2.05, 4.69) is 17.2 Å². The number of likely N-dealkylation sites (tertiary alicyclic amines) is 1. The molecule has 4 rings (SSSR count). The Labute approximate surface area is 148 Å². The van der Waals surface area contributed by atoms with Gasteiger partial charge in [0, 0.05) is 25.0 Å². The second-order valence-electron chi connectivity index (χ2n) is 7.60. The summed E-state index contributed by atoms with van der Waals surface area (Å²) in [6, 6.07) is 8.34. The fourth-order valence-electron chi connectivity index (χ4n) is 4.17. The molecule has 134 valence electrons. The fraction of sp³-hybridized carbons (Fsp3) is 0.600. The molecule has 1 aliphatic carbocycles. The minimum absolute atomic E-state index is 0.106. The number of rotatable bonds is 2. The largest absolute Gasteiger partial charge is 0.440 e. The van der Waals surface area contributed by atoms with Crippen molar-refractivity contribution in [3.8, 4) is 0 Å². The highest BCUT2D eigenvalue weighted by Crippen LogP contribution is 2.30. The first-order valence-corrected chi connectivity index (χ1v) is 9.61. The summed E-state index contributed by atoms with van der Waals surface area (Å²) in [5.41, 5.74) is 1.77. The van der Waals surface area contributed by atoms with E-state index in [0.29, 0.717) is 17.9 Å². The molecular formula is C20H27N3O2. The van der Waals surface area contributed by atoms with Crippen molar-refractivity contribution in [1.29, 1.82) is 0 Å². The molecule has 2 amide bonds. The number of aromatic nitrogens is 1. The van der Waals surface area contributed by atoms with Gasteiger partial charge in [-0.15, -0.1) is 0 Å². The predicted molar refractivity (Wildman–Crippen MR) is 97.5 cm³/mol. The van der Waals surface area contributed by atoms with Crippen LogP contribution in [0.5, 0.6) is 0 Å². The quantitative estimate of drug-likeness (QED) is 0.886. The van der Waals surface area contributed by atoms with E-state index in [-0.39, 0.29) is 6.03 Å². The van der Waals surface area contributed by atoms with Gasteiger partial charge in [-0.1, -0.05) is 31.9 Å². The van der Waals surface area contributed by atoms with Crippen LogP contribution < -0.4 is 5.32 Å². The van der Waals surface area contributed by atoms with Crippen molar-refractivity contribution in [1.82, 2.24) is 15.2 Å². The van der Waals surface area contributed by atoms with E-state index in [1.807, 2.05) is 29.2 Å². The molecule has 1 aromatic heterocycles. The minimum Gasteiger partial charge on any atom is -0.440 e. The van der Waals surface area contributed by atoms with Gasteiger partial charge in [0.05, 0.1) is 0 Å². The van der Waals surface area contributed by atoms with Crippen LogP contribution in [0.4, 0.5) is 4.79 Å². The average molecular weight is 341 g/mol. The van der Waals surface area contributed by atoms with Crippen molar-refractivity contribution < 1.29 is 9.21 Å². The van der Waals surface area contributed by atoms with Crippen molar-refractivity contribution in [3.05, 3.63) is 30.2 Å². The Morgan fingerprint density at radius 2 is 1.92 bits per heavy atom. The molecule has 2 aliphatic rings. The van der Waals surface area contributed by atoms with Crippen LogP contribution >= 0.6 is 0 Å². The molecule has 0 radical (unpaired) electrons. The Morgan fingerprint density at radius 3 is 2.68 bits per heavy atom. The molecule has 0 bridgehead atoms. The van der Waals surface area contributed by atoms with Gasteiger partial charge < -0.3 is 14.6 Å². The third-order valence-corrected chi connectivity index (χ3v) is 5.86. The zero-order valence-corrected chi connectivity index (χ0v) is 14.9. The standard InChI is InChI=1S/C20H27N3O2/c1-14-6-2-3-7-16(14)22-20(24)23-12-10-15(11-13-23)19-21-17-8-4-5-9-18(17)25-19/h4-5,8-9,14-16H,2-3,6-7,10-13H2,1H3,(H,22,24). The number of benzene rings is 1. The minimum atomic E-state index is 0.106. The SMILES string of the molecule is CC1CCCCC1NC(=O)N1CCC(c2nc3ccccc3o2)CC1. The van der Waals surface area contributed by atoms with Crippen LogP contribution in [0.15, 0.2) is 28.7 Å². The Balaban J connectivity index is 1.33. The third-order valence-electron chi connectivity index (χ3n) is 5.86. The number of nitrogens with zero attached hydrogens (tertiary/aromatic N) is 2. The van der Waals surface area contributed by atoms with E-state index >= 15 is 0 Å². The third kappa shape index (κ3) is 3.51. The van der Waals surface area contributed by atoms with Crippen LogP contribution in [0.3, 0.4) is 0 Å². The second kappa shape index (κ2) is 7.06. The van der Waals surface area contributed by atoms with Crippen molar-refractivity contribution in [3.63, 3.8) is 0 Å². The molecule has 5 heteroatoms. The summed E-state index contributed by atoms with van der Waals surface area (Å²) < 4.78 is 5.91. The highest BCUT2D eigenvalue weighted by molar-refractivity contribution is 5.75. The van der Waals surface area contributed by atoms with Crippen molar-refractivity contribution >= 4 is 17.1 Å². The monoisotopic (exact) mass is 341 g/mol. The number of hydrogen-bond acceptors (Lipinski definition) is 3. The van der Waals surface area contributed by atoms with Gasteiger partial charge in [-0.05, 0) is 43.7 Å². The van der Waals surface area contributed by atoms with Gasteiger partial charge in [0.1, 0.15) is 5.52 Å². The lowest BCUT2D eigenvalue weighted by atomic mass is 9.86. The van der Waals surface area contributed by atoms with E-state index in [1.165, 1.54) is 19.3 Å². The maximum absolute atomic E-state index is 12.6. The highest BCUT2D eigenvalue weighted by atomic mass is 16.3. The number of para-hydroxylation sites is 2. The number of nitrogens with one attached hydrogen (secondary N) is 1. The molecule has 2 heterocycles. The van der Waals surface area contributed by atoms with E-state index in [4.69, 9.17) is 4.42 Å². The number of urea groups is 1. The zero-order chi connectivity index (χ0) is 17.2. The number of fused-ring (bicyclic) bond motifs is 1. The molecule has 1 aliphatic heterocycles. The van der Waals surface area contributed by atoms with E-state index in [9.17, 15) is 4.79 Å². The van der Waals surface area contributed by atoms with Gasteiger partial charge in [0.15, 0.2) is 11.5 Å². The van der Waals surface area contributed by atoms with Crippen LogP contribution in [0, 0.1) is 5.92 Å². The number of carbonyl (C=O) groups excluding carboxylic acids is 1. The Bertz CT molecular complexity index is 700. The molecule has 25 heavy (non-hydrogen) atoms. The lowest BCUT2D eigenvalue weighted by Crippen LogP contribution is -2.50.